The summed E-state index contributed by atoms with van der Waals surface area (Å²) >= 11 is 0. The summed E-state index contributed by atoms with van der Waals surface area (Å²) in [7, 11) is 0. The first-order valence-electron chi connectivity index (χ1n) is 7.23. The van der Waals surface area contributed by atoms with Crippen molar-refractivity contribution in [3.05, 3.63) is 47.2 Å². The van der Waals surface area contributed by atoms with Crippen LogP contribution in [0.25, 0.3) is 0 Å². The molecule has 2 rings (SSSR count). The topological polar surface area (TPSA) is 21.3 Å². The van der Waals surface area contributed by atoms with E-state index in [1.54, 1.807) is 0 Å². The Kier molecular flexibility index (Phi) is 5.28. The fourth-order valence-electron chi connectivity index (χ4n) is 2.40. The molecule has 1 aromatic carbocycles. The van der Waals surface area contributed by atoms with Crippen molar-refractivity contribution in [2.75, 3.05) is 13.2 Å². The highest BCUT2D eigenvalue weighted by molar-refractivity contribution is 5.26. The first-order chi connectivity index (χ1) is 10.0. The molecule has 0 saturated carbocycles. The zero-order valence-electron chi connectivity index (χ0n) is 12.0. The van der Waals surface area contributed by atoms with Crippen molar-refractivity contribution in [3.63, 3.8) is 0 Å². The van der Waals surface area contributed by atoms with Crippen molar-refractivity contribution in [1.82, 2.24) is 5.32 Å². The quantitative estimate of drug-likeness (QED) is 0.889. The van der Waals surface area contributed by atoms with E-state index >= 15 is 0 Å². The molecule has 5 heteroatoms. The Balaban J connectivity index is 2.08. The zero-order valence-corrected chi connectivity index (χ0v) is 12.0. The lowest BCUT2D eigenvalue weighted by Crippen LogP contribution is -2.34. The van der Waals surface area contributed by atoms with Gasteiger partial charge in [0.1, 0.15) is 5.76 Å². The van der Waals surface area contributed by atoms with E-state index in [9.17, 15) is 13.2 Å². The largest absolute Gasteiger partial charge is 0.497 e. The van der Waals surface area contributed by atoms with Crippen molar-refractivity contribution in [2.24, 2.45) is 0 Å². The maximum atomic E-state index is 12.6. The molecule has 0 saturated heterocycles. The number of ether oxygens (including phenoxy) is 1. The molecule has 1 N–H and O–H groups in total. The van der Waals surface area contributed by atoms with E-state index < -0.39 is 11.7 Å². The van der Waals surface area contributed by atoms with E-state index in [2.05, 4.69) is 11.4 Å². The Morgan fingerprint density at radius 3 is 2.48 bits per heavy atom. The molecule has 0 aliphatic carbocycles. The smallest absolute Gasteiger partial charge is 0.416 e. The lowest BCUT2D eigenvalue weighted by atomic mass is 10.0. The number of alkyl halides is 3. The van der Waals surface area contributed by atoms with Crippen molar-refractivity contribution >= 4 is 0 Å². The van der Waals surface area contributed by atoms with Gasteiger partial charge < -0.3 is 10.1 Å². The molecule has 0 radical (unpaired) electrons. The summed E-state index contributed by atoms with van der Waals surface area (Å²) < 4.78 is 43.3. The van der Waals surface area contributed by atoms with Gasteiger partial charge in [-0.1, -0.05) is 19.1 Å². The molecule has 0 fully saturated rings. The minimum absolute atomic E-state index is 0.0204. The molecule has 0 aromatic heterocycles. The summed E-state index contributed by atoms with van der Waals surface area (Å²) in [6.07, 6.45) is 0.417. The molecule has 1 aliphatic rings. The maximum Gasteiger partial charge on any atom is 0.416 e. The number of hydrogen-bond donors (Lipinski definition) is 1. The van der Waals surface area contributed by atoms with Crippen LogP contribution in [0.4, 0.5) is 13.2 Å². The molecule has 116 valence electrons. The fraction of sp³-hybridized carbons (Fsp3) is 0.500. The fourth-order valence-corrected chi connectivity index (χ4v) is 2.40. The molecule has 0 spiro atoms. The summed E-state index contributed by atoms with van der Waals surface area (Å²) in [5.41, 5.74) is 0.253. The summed E-state index contributed by atoms with van der Waals surface area (Å²) in [5, 5.41) is 3.33. The normalized spacial score (nSPS) is 17.0. The van der Waals surface area contributed by atoms with Crippen LogP contribution in [0.5, 0.6) is 0 Å². The molecule has 0 amide bonds. The molecule has 1 aromatic rings. The van der Waals surface area contributed by atoms with Gasteiger partial charge in [0.25, 0.3) is 0 Å². The average Bonchev–Trinajstić information content (AvgIpc) is 2.47. The highest BCUT2D eigenvalue weighted by Gasteiger charge is 2.30. The molecule has 1 heterocycles. The number of halogens is 3. The molecular formula is C16H20F3NO. The minimum Gasteiger partial charge on any atom is -0.497 e. The van der Waals surface area contributed by atoms with Crippen LogP contribution in [0.3, 0.4) is 0 Å². The molecular weight excluding hydrogens is 279 g/mol. The minimum atomic E-state index is -4.28. The Bertz CT molecular complexity index is 479. The van der Waals surface area contributed by atoms with Crippen molar-refractivity contribution < 1.29 is 17.9 Å². The number of nitrogens with one attached hydrogen (secondary N) is 1. The van der Waals surface area contributed by atoms with Crippen LogP contribution in [0.2, 0.25) is 0 Å². The average molecular weight is 299 g/mol. The van der Waals surface area contributed by atoms with Gasteiger partial charge in [0.15, 0.2) is 0 Å². The monoisotopic (exact) mass is 299 g/mol. The second-order valence-electron chi connectivity index (χ2n) is 5.11. The van der Waals surface area contributed by atoms with E-state index in [4.69, 9.17) is 4.74 Å². The second kappa shape index (κ2) is 6.98. The Labute approximate surface area is 123 Å². The number of likely N-dealkylation sites (N-methyl/N-ethyl adjacent to an activating group) is 1. The van der Waals surface area contributed by atoms with E-state index in [0.29, 0.717) is 13.0 Å². The van der Waals surface area contributed by atoms with Gasteiger partial charge in [0, 0.05) is 0 Å². The van der Waals surface area contributed by atoms with Crippen molar-refractivity contribution in [1.29, 1.82) is 0 Å². The zero-order chi connectivity index (χ0) is 15.3. The number of allylic oxidation sites excluding steroid dienone is 1. The van der Waals surface area contributed by atoms with E-state index in [1.165, 1.54) is 12.1 Å². The van der Waals surface area contributed by atoms with Crippen LogP contribution in [0, 0.1) is 0 Å². The van der Waals surface area contributed by atoms with Crippen LogP contribution in [-0.4, -0.2) is 19.2 Å². The van der Waals surface area contributed by atoms with Gasteiger partial charge in [0.2, 0.25) is 0 Å². The lowest BCUT2D eigenvalue weighted by Gasteiger charge is -2.24. The van der Waals surface area contributed by atoms with Crippen LogP contribution in [0.1, 0.15) is 30.9 Å². The van der Waals surface area contributed by atoms with Gasteiger partial charge in [0.05, 0.1) is 18.2 Å². The van der Waals surface area contributed by atoms with Gasteiger partial charge in [-0.25, -0.2) is 0 Å². The summed E-state index contributed by atoms with van der Waals surface area (Å²) in [6, 6.07) is 5.36. The third-order valence-corrected chi connectivity index (χ3v) is 3.48. The summed E-state index contributed by atoms with van der Waals surface area (Å²) in [4.78, 5) is 0. The highest BCUT2D eigenvalue weighted by Crippen LogP contribution is 2.29. The van der Waals surface area contributed by atoms with Gasteiger partial charge in [-0.05, 0) is 49.6 Å². The van der Waals surface area contributed by atoms with E-state index in [1.807, 2.05) is 6.92 Å². The van der Waals surface area contributed by atoms with Gasteiger partial charge in [-0.2, -0.15) is 13.2 Å². The molecule has 1 atom stereocenters. The molecule has 1 unspecified atom stereocenters. The maximum absolute atomic E-state index is 12.6. The highest BCUT2D eigenvalue weighted by atomic mass is 19.4. The van der Waals surface area contributed by atoms with Crippen LogP contribution in [0.15, 0.2) is 36.1 Å². The lowest BCUT2D eigenvalue weighted by molar-refractivity contribution is -0.137. The first kappa shape index (κ1) is 15.9. The molecule has 2 nitrogen and oxygen atoms in total. The second-order valence-corrected chi connectivity index (χ2v) is 5.11. The standard InChI is InChI=1S/C16H20F3NO/c1-2-20-14(15-5-3-4-10-21-15)11-12-6-8-13(9-7-12)16(17,18)19/h5-9,14,20H,2-4,10-11H2,1H3. The van der Waals surface area contributed by atoms with Crippen LogP contribution < -0.4 is 5.32 Å². The van der Waals surface area contributed by atoms with Gasteiger partial charge in [-0.3, -0.25) is 0 Å². The third-order valence-electron chi connectivity index (χ3n) is 3.48. The molecule has 21 heavy (non-hydrogen) atoms. The molecule has 0 bridgehead atoms. The van der Waals surface area contributed by atoms with Gasteiger partial charge >= 0.3 is 6.18 Å². The molecule has 1 aliphatic heterocycles. The first-order valence-corrected chi connectivity index (χ1v) is 7.23. The van der Waals surface area contributed by atoms with E-state index in [0.717, 1.165) is 42.8 Å². The Morgan fingerprint density at radius 2 is 1.95 bits per heavy atom. The SMILES string of the molecule is CCNC(Cc1ccc(C(F)(F)F)cc1)C1=CCCCO1. The van der Waals surface area contributed by atoms with Crippen LogP contribution >= 0.6 is 0 Å². The predicted molar refractivity (Wildman–Crippen MR) is 75.9 cm³/mol. The number of benzene rings is 1. The van der Waals surface area contributed by atoms with Gasteiger partial charge in [-0.15, -0.1) is 0 Å². The predicted octanol–water partition coefficient (Wildman–Crippen LogP) is 3.92. The number of rotatable bonds is 5. The number of hydrogen-bond acceptors (Lipinski definition) is 2. The Hall–Kier alpha value is -1.49. The summed E-state index contributed by atoms with van der Waals surface area (Å²) in [5.74, 6) is 0.906. The van der Waals surface area contributed by atoms with Crippen LogP contribution in [-0.2, 0) is 17.3 Å². The van der Waals surface area contributed by atoms with Crippen molar-refractivity contribution in [2.45, 2.75) is 38.4 Å². The summed E-state index contributed by atoms with van der Waals surface area (Å²) in [6.45, 7) is 3.50. The Morgan fingerprint density at radius 1 is 1.24 bits per heavy atom. The van der Waals surface area contributed by atoms with Crippen molar-refractivity contribution in [3.8, 4) is 0 Å². The van der Waals surface area contributed by atoms with E-state index in [-0.39, 0.29) is 6.04 Å². The third kappa shape index (κ3) is 4.49.